The van der Waals surface area contributed by atoms with Crippen molar-refractivity contribution in [3.63, 3.8) is 0 Å². The number of aromatic amines is 1. The van der Waals surface area contributed by atoms with E-state index in [1.807, 2.05) is 0 Å². The summed E-state index contributed by atoms with van der Waals surface area (Å²) in [5.74, 6) is 0.587. The number of hydrogen-bond donors (Lipinski definition) is 2. The van der Waals surface area contributed by atoms with Gasteiger partial charge in [0, 0.05) is 17.8 Å². The molecular weight excluding hydrogens is 258 g/mol. The number of amides is 1. The summed E-state index contributed by atoms with van der Waals surface area (Å²) in [6, 6.07) is 6.99. The first-order valence-electron chi connectivity index (χ1n) is 5.90. The monoisotopic (exact) mass is 269 g/mol. The van der Waals surface area contributed by atoms with Crippen LogP contribution in [-0.4, -0.2) is 26.1 Å². The van der Waals surface area contributed by atoms with Crippen LogP contribution < -0.4 is 10.5 Å². The average molecular weight is 269 g/mol. The summed E-state index contributed by atoms with van der Waals surface area (Å²) >= 11 is 0. The number of fused-ring (bicyclic) bond motifs is 1. The predicted molar refractivity (Wildman–Crippen MR) is 71.0 cm³/mol. The summed E-state index contributed by atoms with van der Waals surface area (Å²) < 4.78 is 5.59. The zero-order valence-corrected chi connectivity index (χ0v) is 10.4. The van der Waals surface area contributed by atoms with Gasteiger partial charge in [-0.15, -0.1) is 0 Å². The van der Waals surface area contributed by atoms with Gasteiger partial charge in [-0.05, 0) is 24.3 Å². The van der Waals surface area contributed by atoms with Crippen LogP contribution in [0.4, 0.5) is 0 Å². The van der Waals surface area contributed by atoms with E-state index in [2.05, 4.69) is 20.2 Å². The fourth-order valence-corrected chi connectivity index (χ4v) is 1.82. The topological polar surface area (TPSA) is 107 Å². The second kappa shape index (κ2) is 4.96. The molecule has 3 rings (SSSR count). The number of nitrogens with zero attached hydrogens (tertiary/aromatic N) is 3. The molecule has 1 aromatic carbocycles. The minimum absolute atomic E-state index is 0.196. The summed E-state index contributed by atoms with van der Waals surface area (Å²) in [5.41, 5.74) is 6.18. The molecule has 0 aliphatic rings. The van der Waals surface area contributed by atoms with Gasteiger partial charge < -0.3 is 10.5 Å². The SMILES string of the molecule is NC(=O)c1n[nH]c2ccc(OCc3ncccn3)cc12. The fraction of sp³-hybridized carbons (Fsp3) is 0.0769. The van der Waals surface area contributed by atoms with Gasteiger partial charge in [0.1, 0.15) is 12.4 Å². The molecule has 0 fully saturated rings. The van der Waals surface area contributed by atoms with Crippen LogP contribution in [0.25, 0.3) is 10.9 Å². The fourth-order valence-electron chi connectivity index (χ4n) is 1.82. The number of hydrogen-bond acceptors (Lipinski definition) is 5. The van der Waals surface area contributed by atoms with Crippen LogP contribution in [0.15, 0.2) is 36.7 Å². The molecule has 3 aromatic rings. The maximum Gasteiger partial charge on any atom is 0.269 e. The highest BCUT2D eigenvalue weighted by Crippen LogP contribution is 2.22. The number of benzene rings is 1. The van der Waals surface area contributed by atoms with E-state index in [-0.39, 0.29) is 12.3 Å². The van der Waals surface area contributed by atoms with E-state index in [1.54, 1.807) is 36.7 Å². The van der Waals surface area contributed by atoms with Crippen molar-refractivity contribution in [2.24, 2.45) is 5.73 Å². The molecule has 100 valence electrons. The van der Waals surface area contributed by atoms with Crippen LogP contribution in [0.3, 0.4) is 0 Å². The number of primary amides is 1. The highest BCUT2D eigenvalue weighted by Gasteiger charge is 2.11. The maximum absolute atomic E-state index is 11.2. The molecule has 3 N–H and O–H groups in total. The van der Waals surface area contributed by atoms with Crippen LogP contribution >= 0.6 is 0 Å². The molecule has 7 nitrogen and oxygen atoms in total. The average Bonchev–Trinajstić information content (AvgIpc) is 2.89. The first kappa shape index (κ1) is 12.1. The molecule has 2 aromatic heterocycles. The molecule has 0 saturated carbocycles. The Labute approximate surface area is 113 Å². The van der Waals surface area contributed by atoms with Crippen molar-refractivity contribution in [2.75, 3.05) is 0 Å². The van der Waals surface area contributed by atoms with E-state index in [9.17, 15) is 4.79 Å². The Morgan fingerprint density at radius 3 is 2.85 bits per heavy atom. The van der Waals surface area contributed by atoms with Gasteiger partial charge in [0.2, 0.25) is 0 Å². The molecule has 0 aliphatic carbocycles. The first-order chi connectivity index (χ1) is 9.74. The minimum atomic E-state index is -0.584. The first-order valence-corrected chi connectivity index (χ1v) is 5.90. The lowest BCUT2D eigenvalue weighted by Crippen LogP contribution is -2.11. The van der Waals surface area contributed by atoms with Gasteiger partial charge in [-0.1, -0.05) is 0 Å². The van der Waals surface area contributed by atoms with Crippen molar-refractivity contribution < 1.29 is 9.53 Å². The molecule has 2 heterocycles. The van der Waals surface area contributed by atoms with Crippen molar-refractivity contribution in [3.8, 4) is 5.75 Å². The smallest absolute Gasteiger partial charge is 0.269 e. The summed E-state index contributed by atoms with van der Waals surface area (Å²) in [7, 11) is 0. The Bertz CT molecular complexity index is 754. The Kier molecular flexibility index (Phi) is 3.00. The third-order valence-electron chi connectivity index (χ3n) is 2.75. The summed E-state index contributed by atoms with van der Waals surface area (Å²) in [6.45, 7) is 0.246. The molecule has 0 unspecified atom stereocenters. The minimum Gasteiger partial charge on any atom is -0.486 e. The number of nitrogens with one attached hydrogen (secondary N) is 1. The van der Waals surface area contributed by atoms with Crippen LogP contribution in [0.1, 0.15) is 16.3 Å². The molecule has 20 heavy (non-hydrogen) atoms. The molecule has 7 heteroatoms. The Morgan fingerprint density at radius 2 is 2.10 bits per heavy atom. The normalized spacial score (nSPS) is 10.6. The molecule has 0 atom stereocenters. The van der Waals surface area contributed by atoms with Crippen molar-refractivity contribution in [3.05, 3.63) is 48.2 Å². The lowest BCUT2D eigenvalue weighted by Gasteiger charge is -2.05. The van der Waals surface area contributed by atoms with Crippen LogP contribution in [0.2, 0.25) is 0 Å². The van der Waals surface area contributed by atoms with E-state index < -0.39 is 5.91 Å². The van der Waals surface area contributed by atoms with E-state index in [4.69, 9.17) is 10.5 Å². The Hall–Kier alpha value is -2.96. The molecule has 0 bridgehead atoms. The van der Waals surface area contributed by atoms with Gasteiger partial charge in [-0.2, -0.15) is 5.10 Å². The lowest BCUT2D eigenvalue weighted by molar-refractivity contribution is 0.0997. The summed E-state index contributed by atoms with van der Waals surface area (Å²) in [5, 5.41) is 7.24. The molecule has 0 saturated heterocycles. The Balaban J connectivity index is 1.85. The van der Waals surface area contributed by atoms with Crippen LogP contribution in [-0.2, 0) is 6.61 Å². The number of carbonyl (C=O) groups is 1. The van der Waals surface area contributed by atoms with E-state index in [0.29, 0.717) is 17.0 Å². The number of ether oxygens (including phenoxy) is 1. The van der Waals surface area contributed by atoms with Gasteiger partial charge in [-0.3, -0.25) is 9.89 Å². The maximum atomic E-state index is 11.2. The second-order valence-electron chi connectivity index (χ2n) is 4.10. The molecule has 0 aliphatic heterocycles. The molecule has 0 radical (unpaired) electrons. The van der Waals surface area contributed by atoms with E-state index in [1.165, 1.54) is 0 Å². The van der Waals surface area contributed by atoms with Gasteiger partial charge >= 0.3 is 0 Å². The molecule has 1 amide bonds. The summed E-state index contributed by atoms with van der Waals surface area (Å²) in [6.07, 6.45) is 3.30. The van der Waals surface area contributed by atoms with E-state index in [0.717, 1.165) is 5.52 Å². The van der Waals surface area contributed by atoms with E-state index >= 15 is 0 Å². The standard InChI is InChI=1S/C13H11N5O2/c14-13(19)12-9-6-8(2-3-10(9)17-18-12)20-7-11-15-4-1-5-16-11/h1-6H,7H2,(H2,14,19)(H,17,18). The molecular formula is C13H11N5O2. The lowest BCUT2D eigenvalue weighted by atomic mass is 10.2. The Morgan fingerprint density at radius 1 is 1.30 bits per heavy atom. The number of H-pyrrole nitrogens is 1. The number of aromatic nitrogens is 4. The summed E-state index contributed by atoms with van der Waals surface area (Å²) in [4.78, 5) is 19.4. The van der Waals surface area contributed by atoms with Crippen LogP contribution in [0.5, 0.6) is 5.75 Å². The molecule has 0 spiro atoms. The highest BCUT2D eigenvalue weighted by atomic mass is 16.5. The largest absolute Gasteiger partial charge is 0.486 e. The predicted octanol–water partition coefficient (Wildman–Crippen LogP) is 1.03. The van der Waals surface area contributed by atoms with Gasteiger partial charge in [-0.25, -0.2) is 9.97 Å². The number of rotatable bonds is 4. The third kappa shape index (κ3) is 2.28. The van der Waals surface area contributed by atoms with Crippen molar-refractivity contribution in [2.45, 2.75) is 6.61 Å². The van der Waals surface area contributed by atoms with Crippen LogP contribution in [0, 0.1) is 0 Å². The van der Waals surface area contributed by atoms with Crippen molar-refractivity contribution >= 4 is 16.8 Å². The zero-order chi connectivity index (χ0) is 13.9. The quantitative estimate of drug-likeness (QED) is 0.735. The highest BCUT2D eigenvalue weighted by molar-refractivity contribution is 6.04. The van der Waals surface area contributed by atoms with Gasteiger partial charge in [0.05, 0.1) is 5.52 Å². The zero-order valence-electron chi connectivity index (χ0n) is 10.4. The number of nitrogens with two attached hydrogens (primary N) is 1. The second-order valence-corrected chi connectivity index (χ2v) is 4.10. The van der Waals surface area contributed by atoms with Gasteiger partial charge in [0.25, 0.3) is 5.91 Å². The van der Waals surface area contributed by atoms with Crippen molar-refractivity contribution in [1.29, 1.82) is 0 Å². The number of carbonyl (C=O) groups excluding carboxylic acids is 1. The third-order valence-corrected chi connectivity index (χ3v) is 2.75. The van der Waals surface area contributed by atoms with Gasteiger partial charge in [0.15, 0.2) is 11.5 Å². The van der Waals surface area contributed by atoms with Crippen molar-refractivity contribution in [1.82, 2.24) is 20.2 Å².